The van der Waals surface area contributed by atoms with E-state index >= 15 is 0 Å². The summed E-state index contributed by atoms with van der Waals surface area (Å²) in [6.45, 7) is 1.07. The molecule has 0 aliphatic carbocycles. The predicted octanol–water partition coefficient (Wildman–Crippen LogP) is 3.83. The van der Waals surface area contributed by atoms with Gasteiger partial charge in [-0.05, 0) is 47.5 Å². The highest BCUT2D eigenvalue weighted by atomic mass is 79.9. The number of ether oxygens (including phenoxy) is 1. The minimum absolute atomic E-state index is 0.0401. The molecule has 1 heterocycles. The highest BCUT2D eigenvalue weighted by Gasteiger charge is 2.32. The van der Waals surface area contributed by atoms with E-state index in [1.54, 1.807) is 12.1 Å². The second kappa shape index (κ2) is 9.80. The van der Waals surface area contributed by atoms with Crippen LogP contribution in [0, 0.1) is 0 Å². The van der Waals surface area contributed by atoms with E-state index in [1.807, 2.05) is 4.90 Å². The Bertz CT molecular complexity index is 1070. The zero-order valence-corrected chi connectivity index (χ0v) is 19.6. The molecule has 1 fully saturated rings. The molecule has 3 rings (SSSR count). The number of anilines is 1. The van der Waals surface area contributed by atoms with Gasteiger partial charge >= 0.3 is 12.1 Å². The zero-order chi connectivity index (χ0) is 23.5. The van der Waals surface area contributed by atoms with E-state index in [-0.39, 0.29) is 24.4 Å². The fourth-order valence-corrected chi connectivity index (χ4v) is 5.36. The van der Waals surface area contributed by atoms with Crippen LogP contribution >= 0.6 is 15.9 Å². The number of methoxy groups -OCH3 is 1. The summed E-state index contributed by atoms with van der Waals surface area (Å²) >= 11 is 3.32. The maximum absolute atomic E-state index is 13.2. The van der Waals surface area contributed by atoms with Gasteiger partial charge in [-0.3, -0.25) is 4.79 Å². The van der Waals surface area contributed by atoms with Crippen molar-refractivity contribution >= 4 is 37.6 Å². The number of rotatable bonds is 6. The molecule has 0 unspecified atom stereocenters. The Balaban J connectivity index is 1.74. The van der Waals surface area contributed by atoms with Gasteiger partial charge in [-0.2, -0.15) is 17.5 Å². The number of benzene rings is 2. The SMILES string of the molecule is COC(=O)Cc1cc(CBr)cc(S(=O)(=O)N2CCN(c3ccc(C(F)(F)F)cc3)CC2)c1. The smallest absolute Gasteiger partial charge is 0.416 e. The van der Waals surface area contributed by atoms with Gasteiger partial charge in [-0.1, -0.05) is 22.0 Å². The Kier molecular flexibility index (Phi) is 7.51. The van der Waals surface area contributed by atoms with E-state index in [1.165, 1.54) is 29.6 Å². The number of nitrogens with zero attached hydrogens (tertiary/aromatic N) is 2. The van der Waals surface area contributed by atoms with Crippen molar-refractivity contribution in [2.24, 2.45) is 0 Å². The topological polar surface area (TPSA) is 66.9 Å². The molecule has 0 atom stereocenters. The molecule has 0 amide bonds. The van der Waals surface area contributed by atoms with E-state index in [0.29, 0.717) is 35.2 Å². The maximum atomic E-state index is 13.2. The van der Waals surface area contributed by atoms with E-state index in [2.05, 4.69) is 20.7 Å². The summed E-state index contributed by atoms with van der Waals surface area (Å²) in [6, 6.07) is 9.61. The molecule has 1 saturated heterocycles. The molecule has 0 spiro atoms. The predicted molar refractivity (Wildman–Crippen MR) is 117 cm³/mol. The van der Waals surface area contributed by atoms with Crippen molar-refractivity contribution in [3.05, 3.63) is 59.2 Å². The number of hydrogen-bond donors (Lipinski definition) is 0. The van der Waals surface area contributed by atoms with Gasteiger partial charge in [-0.15, -0.1) is 0 Å². The number of sulfonamides is 1. The summed E-state index contributed by atoms with van der Waals surface area (Å²) in [5.74, 6) is -0.467. The first-order valence-electron chi connectivity index (χ1n) is 9.72. The van der Waals surface area contributed by atoms with Crippen molar-refractivity contribution in [2.45, 2.75) is 22.8 Å². The number of esters is 1. The lowest BCUT2D eigenvalue weighted by Crippen LogP contribution is -2.48. The quantitative estimate of drug-likeness (QED) is 0.416. The number of halogens is 4. The third-order valence-corrected chi connectivity index (χ3v) is 7.72. The third kappa shape index (κ3) is 5.62. The molecule has 174 valence electrons. The summed E-state index contributed by atoms with van der Waals surface area (Å²) < 4.78 is 70.7. The van der Waals surface area contributed by atoms with Crippen LogP contribution in [0.1, 0.15) is 16.7 Å². The van der Waals surface area contributed by atoms with E-state index < -0.39 is 27.7 Å². The fraction of sp³-hybridized carbons (Fsp3) is 0.381. The van der Waals surface area contributed by atoms with Crippen molar-refractivity contribution in [1.29, 1.82) is 0 Å². The van der Waals surface area contributed by atoms with Crippen LogP contribution in [0.2, 0.25) is 0 Å². The monoisotopic (exact) mass is 534 g/mol. The van der Waals surface area contributed by atoms with Gasteiger partial charge in [-0.25, -0.2) is 8.42 Å². The molecule has 0 aromatic heterocycles. The second-order valence-corrected chi connectivity index (χ2v) is 9.81. The fourth-order valence-electron chi connectivity index (χ4n) is 3.49. The Morgan fingerprint density at radius 3 is 2.16 bits per heavy atom. The highest BCUT2D eigenvalue weighted by Crippen LogP contribution is 2.31. The van der Waals surface area contributed by atoms with E-state index in [4.69, 9.17) is 0 Å². The summed E-state index contributed by atoms with van der Waals surface area (Å²) in [5.41, 5.74) is 1.14. The van der Waals surface area contributed by atoms with Gasteiger partial charge in [0.15, 0.2) is 0 Å². The Morgan fingerprint density at radius 1 is 1.03 bits per heavy atom. The first-order chi connectivity index (χ1) is 15.0. The van der Waals surface area contributed by atoms with Gasteiger partial charge < -0.3 is 9.64 Å². The van der Waals surface area contributed by atoms with Gasteiger partial charge in [0, 0.05) is 37.2 Å². The van der Waals surface area contributed by atoms with Crippen LogP contribution in [0.5, 0.6) is 0 Å². The number of piperazine rings is 1. The van der Waals surface area contributed by atoms with Crippen LogP contribution in [0.4, 0.5) is 18.9 Å². The lowest BCUT2D eigenvalue weighted by molar-refractivity contribution is -0.140. The number of alkyl halides is 4. The first-order valence-corrected chi connectivity index (χ1v) is 12.3. The van der Waals surface area contributed by atoms with Crippen molar-refractivity contribution in [3.8, 4) is 0 Å². The standard InChI is InChI=1S/C21H22BrF3N2O4S/c1-31-20(28)13-15-10-16(14-22)12-19(11-15)32(29,30)27-8-6-26(7-9-27)18-4-2-17(3-5-18)21(23,24)25/h2-5,10-12H,6-9,13-14H2,1H3. The van der Waals surface area contributed by atoms with Crippen molar-refractivity contribution in [3.63, 3.8) is 0 Å². The average molecular weight is 535 g/mol. The molecule has 0 saturated carbocycles. The van der Waals surface area contributed by atoms with E-state index in [0.717, 1.165) is 12.1 Å². The number of hydrogen-bond acceptors (Lipinski definition) is 5. The van der Waals surface area contributed by atoms with Crippen molar-refractivity contribution in [2.75, 3.05) is 38.2 Å². The molecule has 0 N–H and O–H groups in total. The number of carbonyl (C=O) groups excluding carboxylic acids is 1. The van der Waals surface area contributed by atoms with Gasteiger partial charge in [0.1, 0.15) is 0 Å². The van der Waals surface area contributed by atoms with E-state index in [9.17, 15) is 26.4 Å². The van der Waals surface area contributed by atoms with Crippen LogP contribution in [0.3, 0.4) is 0 Å². The summed E-state index contributed by atoms with van der Waals surface area (Å²) in [5, 5.41) is 0.423. The molecule has 0 radical (unpaired) electrons. The Labute approximate surface area is 193 Å². The molecule has 11 heteroatoms. The molecule has 1 aliphatic heterocycles. The maximum Gasteiger partial charge on any atom is 0.416 e. The van der Waals surface area contributed by atoms with Crippen molar-refractivity contribution in [1.82, 2.24) is 4.31 Å². The lowest BCUT2D eigenvalue weighted by Gasteiger charge is -2.35. The molecule has 2 aromatic carbocycles. The van der Waals surface area contributed by atoms with Crippen LogP contribution in [-0.4, -0.2) is 52.0 Å². The zero-order valence-electron chi connectivity index (χ0n) is 17.2. The minimum Gasteiger partial charge on any atom is -0.469 e. The lowest BCUT2D eigenvalue weighted by atomic mass is 10.1. The van der Waals surface area contributed by atoms with Crippen LogP contribution in [0.15, 0.2) is 47.4 Å². The molecule has 32 heavy (non-hydrogen) atoms. The number of carbonyl (C=O) groups is 1. The Morgan fingerprint density at radius 2 is 1.62 bits per heavy atom. The van der Waals surface area contributed by atoms with Crippen LogP contribution in [-0.2, 0) is 37.5 Å². The average Bonchev–Trinajstić information content (AvgIpc) is 2.78. The molecule has 0 bridgehead atoms. The molecular weight excluding hydrogens is 513 g/mol. The summed E-state index contributed by atoms with van der Waals surface area (Å²) in [6.07, 6.45) is -4.44. The van der Waals surface area contributed by atoms with Gasteiger partial charge in [0.2, 0.25) is 10.0 Å². The molecule has 2 aromatic rings. The Hall–Kier alpha value is -2.11. The normalized spacial score (nSPS) is 15.6. The van der Waals surface area contributed by atoms with Crippen LogP contribution in [0.25, 0.3) is 0 Å². The highest BCUT2D eigenvalue weighted by molar-refractivity contribution is 9.08. The minimum atomic E-state index is -4.40. The molecule has 1 aliphatic rings. The summed E-state index contributed by atoms with van der Waals surface area (Å²) in [4.78, 5) is 13.6. The van der Waals surface area contributed by atoms with Crippen LogP contribution < -0.4 is 4.90 Å². The van der Waals surface area contributed by atoms with Gasteiger partial charge in [0.25, 0.3) is 0 Å². The van der Waals surface area contributed by atoms with Crippen molar-refractivity contribution < 1.29 is 31.1 Å². The molecule has 6 nitrogen and oxygen atoms in total. The summed E-state index contributed by atoms with van der Waals surface area (Å²) in [7, 11) is -2.54. The third-order valence-electron chi connectivity index (χ3n) is 5.19. The molecular formula is C21H22BrF3N2O4S. The largest absolute Gasteiger partial charge is 0.469 e. The van der Waals surface area contributed by atoms with Gasteiger partial charge in [0.05, 0.1) is 24.0 Å². The second-order valence-electron chi connectivity index (χ2n) is 7.31. The first kappa shape index (κ1) is 24.5.